The third-order valence-electron chi connectivity index (χ3n) is 3.64. The number of nitrogens with zero attached hydrogens (tertiary/aromatic N) is 2. The molecule has 1 aliphatic heterocycles. The maximum absolute atomic E-state index is 12.0. The highest BCUT2D eigenvalue weighted by atomic mass is 16.6. The minimum atomic E-state index is -0.491. The SMILES string of the molecule is CC(C)(C)OC(=O)N1CCN(C[C@@H](O)c2ccccc2)CC1. The number of β-amino-alcohol motifs (C(OH)–C–C–N with tert-alkyl or cyclic N) is 1. The number of amides is 1. The van der Waals surface area contributed by atoms with Crippen LogP contribution >= 0.6 is 0 Å². The summed E-state index contributed by atoms with van der Waals surface area (Å²) in [7, 11) is 0. The summed E-state index contributed by atoms with van der Waals surface area (Å²) in [5, 5.41) is 10.3. The lowest BCUT2D eigenvalue weighted by Crippen LogP contribution is -2.50. The number of hydrogen-bond donors (Lipinski definition) is 1. The summed E-state index contributed by atoms with van der Waals surface area (Å²) in [6.45, 7) is 8.98. The van der Waals surface area contributed by atoms with Gasteiger partial charge in [-0.15, -0.1) is 0 Å². The molecule has 1 saturated heterocycles. The summed E-state index contributed by atoms with van der Waals surface area (Å²) >= 11 is 0. The van der Waals surface area contributed by atoms with E-state index in [-0.39, 0.29) is 6.09 Å². The third-order valence-corrected chi connectivity index (χ3v) is 3.64. The zero-order valence-corrected chi connectivity index (χ0v) is 13.7. The maximum Gasteiger partial charge on any atom is 0.410 e. The van der Waals surface area contributed by atoms with E-state index in [0.717, 1.165) is 18.7 Å². The van der Waals surface area contributed by atoms with E-state index in [9.17, 15) is 9.90 Å². The van der Waals surface area contributed by atoms with Crippen molar-refractivity contribution in [3.63, 3.8) is 0 Å². The molecule has 0 aromatic heterocycles. The van der Waals surface area contributed by atoms with Gasteiger partial charge in [-0.25, -0.2) is 4.79 Å². The topological polar surface area (TPSA) is 53.0 Å². The summed E-state index contributed by atoms with van der Waals surface area (Å²) in [6, 6.07) is 9.66. The Morgan fingerprint density at radius 1 is 1.18 bits per heavy atom. The largest absolute Gasteiger partial charge is 0.444 e. The van der Waals surface area contributed by atoms with E-state index in [4.69, 9.17) is 4.74 Å². The molecule has 1 aromatic rings. The van der Waals surface area contributed by atoms with Gasteiger partial charge >= 0.3 is 6.09 Å². The van der Waals surface area contributed by atoms with Crippen molar-refractivity contribution in [2.75, 3.05) is 32.7 Å². The van der Waals surface area contributed by atoms with Crippen LogP contribution < -0.4 is 0 Å². The van der Waals surface area contributed by atoms with Gasteiger partial charge in [-0.1, -0.05) is 30.3 Å². The molecule has 0 unspecified atom stereocenters. The van der Waals surface area contributed by atoms with Crippen LogP contribution in [-0.2, 0) is 4.74 Å². The predicted molar refractivity (Wildman–Crippen MR) is 85.6 cm³/mol. The van der Waals surface area contributed by atoms with Crippen molar-refractivity contribution in [3.8, 4) is 0 Å². The number of piperazine rings is 1. The second-order valence-electron chi connectivity index (χ2n) is 6.69. The molecule has 1 atom stereocenters. The fourth-order valence-electron chi connectivity index (χ4n) is 2.46. The molecule has 1 aliphatic rings. The standard InChI is InChI=1S/C17H26N2O3/c1-17(2,3)22-16(21)19-11-9-18(10-12-19)13-15(20)14-7-5-4-6-8-14/h4-8,15,20H,9-13H2,1-3H3/t15-/m1/s1. The number of rotatable bonds is 3. The number of benzene rings is 1. The van der Waals surface area contributed by atoms with Crippen molar-refractivity contribution in [1.82, 2.24) is 9.80 Å². The van der Waals surface area contributed by atoms with Crippen molar-refractivity contribution < 1.29 is 14.6 Å². The van der Waals surface area contributed by atoms with Gasteiger partial charge in [-0.3, -0.25) is 4.90 Å². The van der Waals surface area contributed by atoms with Crippen molar-refractivity contribution in [3.05, 3.63) is 35.9 Å². The quantitative estimate of drug-likeness (QED) is 0.931. The monoisotopic (exact) mass is 306 g/mol. The summed E-state index contributed by atoms with van der Waals surface area (Å²) in [5.74, 6) is 0. The second kappa shape index (κ2) is 7.11. The highest BCUT2D eigenvalue weighted by molar-refractivity contribution is 5.68. The first-order valence-electron chi connectivity index (χ1n) is 7.78. The average Bonchev–Trinajstić information content (AvgIpc) is 2.47. The van der Waals surface area contributed by atoms with Crippen LogP contribution in [0.4, 0.5) is 4.79 Å². The van der Waals surface area contributed by atoms with Gasteiger partial charge in [0.1, 0.15) is 5.60 Å². The van der Waals surface area contributed by atoms with E-state index in [1.165, 1.54) is 0 Å². The minimum absolute atomic E-state index is 0.254. The molecular formula is C17H26N2O3. The Kier molecular flexibility index (Phi) is 5.42. The van der Waals surface area contributed by atoms with E-state index >= 15 is 0 Å². The van der Waals surface area contributed by atoms with Gasteiger partial charge < -0.3 is 14.7 Å². The van der Waals surface area contributed by atoms with E-state index < -0.39 is 11.7 Å². The Balaban J connectivity index is 1.79. The van der Waals surface area contributed by atoms with Crippen molar-refractivity contribution in [2.24, 2.45) is 0 Å². The number of aliphatic hydroxyl groups is 1. The highest BCUT2D eigenvalue weighted by Gasteiger charge is 2.26. The predicted octanol–water partition coefficient (Wildman–Crippen LogP) is 2.27. The van der Waals surface area contributed by atoms with Crippen LogP contribution in [0.1, 0.15) is 32.4 Å². The maximum atomic E-state index is 12.0. The number of carbonyl (C=O) groups is 1. The van der Waals surface area contributed by atoms with Crippen LogP contribution in [0.15, 0.2) is 30.3 Å². The second-order valence-corrected chi connectivity index (χ2v) is 6.69. The lowest BCUT2D eigenvalue weighted by molar-refractivity contribution is 0.0101. The van der Waals surface area contributed by atoms with E-state index in [1.54, 1.807) is 4.90 Å². The number of carbonyl (C=O) groups excluding carboxylic acids is 1. The molecule has 5 heteroatoms. The Labute approximate surface area is 132 Å². The Hall–Kier alpha value is -1.59. The molecule has 122 valence electrons. The van der Waals surface area contributed by atoms with Gasteiger partial charge in [0, 0.05) is 32.7 Å². The lowest BCUT2D eigenvalue weighted by Gasteiger charge is -2.36. The zero-order chi connectivity index (χ0) is 16.2. The molecule has 1 heterocycles. The molecule has 0 spiro atoms. The first kappa shape index (κ1) is 16.8. The third kappa shape index (κ3) is 5.00. The normalized spacial score (nSPS) is 18.1. The summed E-state index contributed by atoms with van der Waals surface area (Å²) in [4.78, 5) is 15.9. The van der Waals surface area contributed by atoms with E-state index in [1.807, 2.05) is 51.1 Å². The summed E-state index contributed by atoms with van der Waals surface area (Å²) in [6.07, 6.45) is -0.745. The van der Waals surface area contributed by atoms with Crippen LogP contribution in [0.25, 0.3) is 0 Å². The summed E-state index contributed by atoms with van der Waals surface area (Å²) in [5.41, 5.74) is 0.467. The van der Waals surface area contributed by atoms with Gasteiger partial charge in [0.15, 0.2) is 0 Å². The Morgan fingerprint density at radius 2 is 1.77 bits per heavy atom. The van der Waals surface area contributed by atoms with Gasteiger partial charge in [-0.05, 0) is 26.3 Å². The molecular weight excluding hydrogens is 280 g/mol. The molecule has 0 saturated carbocycles. The van der Waals surface area contributed by atoms with Crippen molar-refractivity contribution in [1.29, 1.82) is 0 Å². The van der Waals surface area contributed by atoms with E-state index in [0.29, 0.717) is 19.6 Å². The number of hydrogen-bond acceptors (Lipinski definition) is 4. The fraction of sp³-hybridized carbons (Fsp3) is 0.588. The minimum Gasteiger partial charge on any atom is -0.444 e. The lowest BCUT2D eigenvalue weighted by atomic mass is 10.1. The molecule has 1 amide bonds. The van der Waals surface area contributed by atoms with Gasteiger partial charge in [0.05, 0.1) is 6.10 Å². The first-order valence-corrected chi connectivity index (χ1v) is 7.78. The molecule has 0 radical (unpaired) electrons. The molecule has 5 nitrogen and oxygen atoms in total. The molecule has 1 aromatic carbocycles. The molecule has 2 rings (SSSR count). The molecule has 1 fully saturated rings. The average molecular weight is 306 g/mol. The van der Waals surface area contributed by atoms with Crippen LogP contribution in [0, 0.1) is 0 Å². The van der Waals surface area contributed by atoms with Crippen LogP contribution in [0.3, 0.4) is 0 Å². The Bertz CT molecular complexity index is 476. The number of ether oxygens (including phenoxy) is 1. The Morgan fingerprint density at radius 3 is 2.32 bits per heavy atom. The van der Waals surface area contributed by atoms with Crippen LogP contribution in [0.2, 0.25) is 0 Å². The number of aliphatic hydroxyl groups excluding tert-OH is 1. The molecule has 1 N–H and O–H groups in total. The van der Waals surface area contributed by atoms with Crippen molar-refractivity contribution >= 4 is 6.09 Å². The van der Waals surface area contributed by atoms with Gasteiger partial charge in [-0.2, -0.15) is 0 Å². The van der Waals surface area contributed by atoms with Crippen molar-refractivity contribution in [2.45, 2.75) is 32.5 Å². The molecule has 22 heavy (non-hydrogen) atoms. The summed E-state index contributed by atoms with van der Waals surface area (Å²) < 4.78 is 5.38. The smallest absolute Gasteiger partial charge is 0.410 e. The molecule has 0 bridgehead atoms. The van der Waals surface area contributed by atoms with Crippen LogP contribution in [-0.4, -0.2) is 59.3 Å². The van der Waals surface area contributed by atoms with E-state index in [2.05, 4.69) is 4.90 Å². The zero-order valence-electron chi connectivity index (χ0n) is 13.7. The van der Waals surface area contributed by atoms with Crippen LogP contribution in [0.5, 0.6) is 0 Å². The molecule has 0 aliphatic carbocycles. The van der Waals surface area contributed by atoms with Gasteiger partial charge in [0.25, 0.3) is 0 Å². The highest BCUT2D eigenvalue weighted by Crippen LogP contribution is 2.16. The fourth-order valence-corrected chi connectivity index (χ4v) is 2.46. The van der Waals surface area contributed by atoms with Gasteiger partial charge in [0.2, 0.25) is 0 Å². The first-order chi connectivity index (χ1) is 10.3.